The number of carboxylic acids is 1. The van der Waals surface area contributed by atoms with Gasteiger partial charge in [0.05, 0.1) is 49.8 Å². The van der Waals surface area contributed by atoms with Crippen LogP contribution >= 0.6 is 0 Å². The fourth-order valence-electron chi connectivity index (χ4n) is 10.8. The molecule has 4 aliphatic heterocycles. The second-order valence-corrected chi connectivity index (χ2v) is 24.0. The van der Waals surface area contributed by atoms with E-state index in [-0.39, 0.29) is 38.8 Å². The molecule has 0 aliphatic carbocycles. The van der Waals surface area contributed by atoms with Crippen molar-refractivity contribution in [2.24, 2.45) is 11.7 Å². The van der Waals surface area contributed by atoms with Crippen LogP contribution in [0.1, 0.15) is 88.0 Å². The van der Waals surface area contributed by atoms with Crippen molar-refractivity contribution < 1.29 is 133 Å². The summed E-state index contributed by atoms with van der Waals surface area (Å²) in [6, 6.07) is -17.0. The third kappa shape index (κ3) is 20.5. The number of aliphatic carboxylic acids is 1. The van der Waals surface area contributed by atoms with E-state index in [9.17, 15) is 109 Å². The van der Waals surface area contributed by atoms with Crippen LogP contribution in [-0.4, -0.2) is 321 Å². The number of aliphatic hydroxyl groups excluding tert-OH is 11. The van der Waals surface area contributed by atoms with E-state index in [0.29, 0.717) is 0 Å². The van der Waals surface area contributed by atoms with E-state index in [1.807, 2.05) is 5.32 Å². The zero-order chi connectivity index (χ0) is 70.4. The van der Waals surface area contributed by atoms with Gasteiger partial charge in [0.15, 0.2) is 12.6 Å². The molecule has 530 valence electrons. The van der Waals surface area contributed by atoms with Crippen LogP contribution in [0.25, 0.3) is 0 Å². The van der Waals surface area contributed by atoms with Crippen LogP contribution in [0.2, 0.25) is 0 Å². The second-order valence-electron chi connectivity index (χ2n) is 24.0. The van der Waals surface area contributed by atoms with Gasteiger partial charge in [0.2, 0.25) is 59.1 Å². The van der Waals surface area contributed by atoms with E-state index in [2.05, 4.69) is 37.2 Å². The summed E-state index contributed by atoms with van der Waals surface area (Å²) in [5.74, 6) is -12.9. The molecule has 38 heteroatoms. The van der Waals surface area contributed by atoms with Crippen molar-refractivity contribution in [1.29, 1.82) is 0 Å². The summed E-state index contributed by atoms with van der Waals surface area (Å²) < 4.78 is 23.2. The maximum Gasteiger partial charge on any atom is 0.322 e. The lowest BCUT2D eigenvalue weighted by molar-refractivity contribution is -0.347. The molecule has 0 radical (unpaired) electrons. The lowest BCUT2D eigenvalue weighted by Gasteiger charge is -2.48. The SMILES string of the molecule is CC(=O)N[C@H]1[C@@H](O[C@H](C)[C@H](NC(=O)[C@@H](N)[C@@H](C)O)C(=O)N[C@H](C(=O)N[C@H](C(=O)N[C@H](C(=O)N2CCC[C@H]2C(=O)N[C@H](C(=O)N2CCC[C@H]2C(=O)N[C@H](C(=O)NCC(=O)O)[C@@H](C)O)[C@@H](C)O)[C@@H](C)O)C(C)C)[C@@H](C)O)O[C@H](CO)[C@@H](O)[C@@H]1O[C@@H]1O[C@H](CO)[C@H](O)[C@H](O)[C@H]1O. The summed E-state index contributed by atoms with van der Waals surface area (Å²) in [4.78, 5) is 151. The maximum atomic E-state index is 14.5. The number of ether oxygens (including phenoxy) is 4. The first-order valence-corrected chi connectivity index (χ1v) is 30.3. The van der Waals surface area contributed by atoms with Gasteiger partial charge in [-0.05, 0) is 73.1 Å². The Bertz CT molecular complexity index is 2600. The van der Waals surface area contributed by atoms with Crippen molar-refractivity contribution in [3.63, 3.8) is 0 Å². The largest absolute Gasteiger partial charge is 0.480 e. The number of carbonyl (C=O) groups is 11. The zero-order valence-corrected chi connectivity index (χ0v) is 52.8. The van der Waals surface area contributed by atoms with Crippen LogP contribution < -0.4 is 48.3 Å². The number of aliphatic hydroxyl groups is 11. The molecule has 0 unspecified atom stereocenters. The molecule has 25 atom stereocenters. The number of amides is 10. The molecule has 22 N–H and O–H groups in total. The van der Waals surface area contributed by atoms with E-state index >= 15 is 0 Å². The van der Waals surface area contributed by atoms with Gasteiger partial charge in [0.1, 0.15) is 110 Å². The number of hydrogen-bond acceptors (Lipinski definition) is 27. The second kappa shape index (κ2) is 35.3. The number of likely N-dealkylation sites (tertiary alicyclic amines) is 2. The Balaban J connectivity index is 1.54. The van der Waals surface area contributed by atoms with Crippen LogP contribution in [0.15, 0.2) is 0 Å². The molecule has 0 aromatic carbocycles. The number of carboxylic acid groups (broad SMARTS) is 1. The Kier molecular flexibility index (Phi) is 30.0. The minimum Gasteiger partial charge on any atom is -0.480 e. The minimum atomic E-state index is -2.05. The molecule has 4 rings (SSSR count). The summed E-state index contributed by atoms with van der Waals surface area (Å²) in [7, 11) is 0. The Labute approximate surface area is 533 Å². The highest BCUT2D eigenvalue weighted by molar-refractivity contribution is 5.99. The predicted octanol–water partition coefficient (Wildman–Crippen LogP) is -11.9. The molecule has 0 saturated carbocycles. The van der Waals surface area contributed by atoms with Crippen molar-refractivity contribution in [3.05, 3.63) is 0 Å². The van der Waals surface area contributed by atoms with Crippen LogP contribution in [0.3, 0.4) is 0 Å². The summed E-state index contributed by atoms with van der Waals surface area (Å²) in [5.41, 5.74) is 5.90. The predicted molar refractivity (Wildman–Crippen MR) is 311 cm³/mol. The molecule has 4 aliphatic rings. The fourth-order valence-corrected chi connectivity index (χ4v) is 10.8. The lowest BCUT2D eigenvalue weighted by Crippen LogP contribution is -2.69. The molecule has 0 spiro atoms. The normalized spacial score (nSPS) is 29.0. The average Bonchev–Trinajstić information content (AvgIpc) is 1.27. The van der Waals surface area contributed by atoms with Gasteiger partial charge in [-0.1, -0.05) is 13.8 Å². The summed E-state index contributed by atoms with van der Waals surface area (Å²) in [5, 5.41) is 144. The molecular formula is C55H93N11O27. The molecule has 0 bridgehead atoms. The van der Waals surface area contributed by atoms with Gasteiger partial charge in [-0.3, -0.25) is 52.7 Å². The van der Waals surface area contributed by atoms with E-state index in [0.717, 1.165) is 51.3 Å². The third-order valence-electron chi connectivity index (χ3n) is 16.1. The molecule has 0 aromatic heterocycles. The third-order valence-corrected chi connectivity index (χ3v) is 16.1. The molecular weight excluding hydrogens is 1250 g/mol. The first-order valence-electron chi connectivity index (χ1n) is 30.3. The number of nitrogens with two attached hydrogens (primary N) is 1. The van der Waals surface area contributed by atoms with Gasteiger partial charge in [-0.2, -0.15) is 0 Å². The molecule has 10 amide bonds. The highest BCUT2D eigenvalue weighted by atomic mass is 16.7. The molecule has 93 heavy (non-hydrogen) atoms. The minimum absolute atomic E-state index is 0.0255. The van der Waals surface area contributed by atoms with Crippen LogP contribution in [-0.2, 0) is 71.7 Å². The Morgan fingerprint density at radius 3 is 1.41 bits per heavy atom. The first kappa shape index (κ1) is 79.0. The highest BCUT2D eigenvalue weighted by Crippen LogP contribution is 2.31. The monoisotopic (exact) mass is 1340 g/mol. The van der Waals surface area contributed by atoms with Crippen molar-refractivity contribution in [2.45, 2.75) is 240 Å². The van der Waals surface area contributed by atoms with Gasteiger partial charge in [-0.25, -0.2) is 0 Å². The fraction of sp³-hybridized carbons (Fsp3) is 0.800. The zero-order valence-electron chi connectivity index (χ0n) is 52.8. The molecule has 4 heterocycles. The van der Waals surface area contributed by atoms with Crippen molar-refractivity contribution in [1.82, 2.24) is 52.3 Å². The number of rotatable bonds is 31. The topological polar surface area (TPSA) is 596 Å². The molecule has 4 saturated heterocycles. The average molecular weight is 1340 g/mol. The number of nitrogens with one attached hydrogen (secondary N) is 8. The lowest BCUT2D eigenvalue weighted by atomic mass is 9.95. The van der Waals surface area contributed by atoms with Crippen molar-refractivity contribution >= 4 is 65.0 Å². The van der Waals surface area contributed by atoms with Gasteiger partial charge < -0.3 is 138 Å². The van der Waals surface area contributed by atoms with E-state index in [4.69, 9.17) is 29.8 Å². The van der Waals surface area contributed by atoms with Gasteiger partial charge in [-0.15, -0.1) is 0 Å². The molecule has 38 nitrogen and oxygen atoms in total. The maximum absolute atomic E-state index is 14.5. The van der Waals surface area contributed by atoms with Crippen LogP contribution in [0.4, 0.5) is 0 Å². The van der Waals surface area contributed by atoms with E-state index < -0.39 is 243 Å². The molecule has 0 aromatic rings. The Morgan fingerprint density at radius 1 is 0.527 bits per heavy atom. The van der Waals surface area contributed by atoms with Crippen molar-refractivity contribution in [2.75, 3.05) is 32.8 Å². The number of nitrogens with zero attached hydrogens (tertiary/aromatic N) is 2. The smallest absolute Gasteiger partial charge is 0.322 e. The van der Waals surface area contributed by atoms with Gasteiger partial charge >= 0.3 is 5.97 Å². The van der Waals surface area contributed by atoms with Gasteiger partial charge in [0, 0.05) is 20.0 Å². The number of hydrogen-bond donors (Lipinski definition) is 21. The summed E-state index contributed by atoms with van der Waals surface area (Å²) >= 11 is 0. The number of carbonyl (C=O) groups excluding carboxylic acids is 10. The summed E-state index contributed by atoms with van der Waals surface area (Å²) in [6.45, 7) is 7.81. The van der Waals surface area contributed by atoms with E-state index in [1.165, 1.54) is 20.8 Å². The Hall–Kier alpha value is -6.47. The quantitative estimate of drug-likeness (QED) is 0.0306. The van der Waals surface area contributed by atoms with Crippen LogP contribution in [0, 0.1) is 5.92 Å². The van der Waals surface area contributed by atoms with Gasteiger partial charge in [0.25, 0.3) is 0 Å². The van der Waals surface area contributed by atoms with E-state index in [1.54, 1.807) is 0 Å². The molecule has 4 fully saturated rings. The first-order chi connectivity index (χ1) is 43.4. The van der Waals surface area contributed by atoms with Crippen molar-refractivity contribution in [3.8, 4) is 0 Å². The standard InChI is InChI=1S/C55H93N11O27/c1-19(2)33(49(85)63-37(24(7)73)53(89)66-15-11-13-28(66)46(82)62-36(23(6)72)52(88)65-14-10-12-27(65)45(81)60-34(21(4)70)48(84)57-16-31(75)76)59-50(86)35(22(5)71)61-51(87)38(64-47(83)32(56)20(3)69)25(8)90-54-39(58-26(9)74)44(41(78)30(18-68)91-54)93-55-43(80)42(79)40(77)29(17-67)92-55/h19-25,27-30,32-44,54-55,67-73,77-80H,10-18,56H2,1-9H3,(H,57,84)(H,58,74)(H,59,86)(H,60,81)(H,61,87)(H,62,82)(H,63,85)(H,64,83)(H,75,76)/t20-,21-,22-,23-,24-,25-,27+,28+,29-,30-,32+,33+,34+,35+,36+,37+,38+,39-,40+,41-,42+,43-,44-,54+,55+/m1/s1. The Morgan fingerprint density at radius 2 is 0.946 bits per heavy atom. The summed E-state index contributed by atoms with van der Waals surface area (Å²) in [6.07, 6.45) is -26.1. The van der Waals surface area contributed by atoms with Crippen LogP contribution in [0.5, 0.6) is 0 Å². The highest BCUT2D eigenvalue weighted by Gasteiger charge is 2.53.